The first-order chi connectivity index (χ1) is 10.8. The van der Waals surface area contributed by atoms with E-state index in [4.69, 9.17) is 4.42 Å². The number of hydrogen-bond acceptors (Lipinski definition) is 3. The molecule has 1 fully saturated rings. The molecule has 0 radical (unpaired) electrons. The molecular weight excluding hydrogens is 274 g/mol. The lowest BCUT2D eigenvalue weighted by molar-refractivity contribution is 0.187. The fourth-order valence-electron chi connectivity index (χ4n) is 3.46. The number of furan rings is 1. The lowest BCUT2D eigenvalue weighted by Crippen LogP contribution is -2.44. The van der Waals surface area contributed by atoms with Gasteiger partial charge in [0.25, 0.3) is 0 Å². The van der Waals surface area contributed by atoms with Gasteiger partial charge in [-0.05, 0) is 25.1 Å². The number of piperazine rings is 1. The third kappa shape index (κ3) is 2.25. The summed E-state index contributed by atoms with van der Waals surface area (Å²) in [6, 6.07) is 12.8. The van der Waals surface area contributed by atoms with Crippen LogP contribution in [0.4, 0.5) is 0 Å². The predicted octanol–water partition coefficient (Wildman–Crippen LogP) is 3.39. The first-order valence-electron chi connectivity index (χ1n) is 7.94. The largest absolute Gasteiger partial charge is 0.463 e. The van der Waals surface area contributed by atoms with Crippen molar-refractivity contribution >= 4 is 10.9 Å². The maximum atomic E-state index is 5.67. The molecule has 0 spiro atoms. The molecule has 4 rings (SSSR count). The first kappa shape index (κ1) is 13.6. The molecule has 3 aromatic rings. The summed E-state index contributed by atoms with van der Waals surface area (Å²) in [5, 5.41) is 4.72. The Morgan fingerprint density at radius 3 is 2.68 bits per heavy atom. The van der Waals surface area contributed by atoms with Gasteiger partial charge < -0.3 is 14.7 Å². The lowest BCUT2D eigenvalue weighted by Gasteiger charge is -2.33. The number of aromatic nitrogens is 1. The van der Waals surface area contributed by atoms with Crippen molar-refractivity contribution in [1.82, 2.24) is 15.2 Å². The second-order valence-electron chi connectivity index (χ2n) is 5.90. The Balaban J connectivity index is 1.85. The van der Waals surface area contributed by atoms with Crippen LogP contribution in [0.5, 0.6) is 0 Å². The number of rotatable bonds is 3. The van der Waals surface area contributed by atoms with Gasteiger partial charge in [0.2, 0.25) is 0 Å². The average Bonchev–Trinajstić information content (AvgIpc) is 3.22. The van der Waals surface area contributed by atoms with Gasteiger partial charge in [-0.15, -0.1) is 0 Å². The number of nitrogens with zero attached hydrogens (tertiary/aromatic N) is 1. The molecule has 2 aromatic heterocycles. The van der Waals surface area contributed by atoms with Crippen molar-refractivity contribution < 1.29 is 4.42 Å². The molecule has 2 N–H and O–H groups in total. The molecule has 1 aromatic carbocycles. The maximum absolute atomic E-state index is 5.67. The van der Waals surface area contributed by atoms with Crippen LogP contribution in [0.25, 0.3) is 22.4 Å². The number of benzene rings is 1. The van der Waals surface area contributed by atoms with Gasteiger partial charge in [0.1, 0.15) is 5.76 Å². The molecule has 4 nitrogen and oxygen atoms in total. The minimum atomic E-state index is 0.360. The molecule has 3 heterocycles. The summed E-state index contributed by atoms with van der Waals surface area (Å²) < 4.78 is 5.67. The first-order valence-corrected chi connectivity index (χ1v) is 7.94. The number of fused-ring (bicyclic) bond motifs is 1. The number of nitrogens with one attached hydrogen (secondary N) is 2. The maximum Gasteiger partial charge on any atom is 0.150 e. The zero-order valence-corrected chi connectivity index (χ0v) is 12.8. The van der Waals surface area contributed by atoms with Crippen LogP contribution >= 0.6 is 0 Å². The van der Waals surface area contributed by atoms with Crippen molar-refractivity contribution in [2.45, 2.75) is 13.0 Å². The van der Waals surface area contributed by atoms with E-state index in [-0.39, 0.29) is 0 Å². The number of para-hydroxylation sites is 1. The Morgan fingerprint density at radius 1 is 1.09 bits per heavy atom. The Morgan fingerprint density at radius 2 is 1.91 bits per heavy atom. The van der Waals surface area contributed by atoms with E-state index in [0.29, 0.717) is 6.04 Å². The third-order valence-corrected chi connectivity index (χ3v) is 4.63. The highest BCUT2D eigenvalue weighted by Crippen LogP contribution is 2.37. The van der Waals surface area contributed by atoms with E-state index < -0.39 is 0 Å². The van der Waals surface area contributed by atoms with Crippen LogP contribution in [0.3, 0.4) is 0 Å². The summed E-state index contributed by atoms with van der Waals surface area (Å²) in [5.41, 5.74) is 3.62. The molecule has 0 aliphatic carbocycles. The molecule has 1 atom stereocenters. The normalized spacial score (nSPS) is 17.9. The minimum Gasteiger partial charge on any atom is -0.463 e. The highest BCUT2D eigenvalue weighted by molar-refractivity contribution is 5.90. The topological polar surface area (TPSA) is 44.2 Å². The number of aromatic amines is 1. The Labute approximate surface area is 130 Å². The summed E-state index contributed by atoms with van der Waals surface area (Å²) >= 11 is 0. The van der Waals surface area contributed by atoms with E-state index in [1.54, 1.807) is 6.26 Å². The molecule has 1 aliphatic heterocycles. The SMILES string of the molecule is CC(c1c(-c2ccco2)[nH]c2ccccc12)N1CCNCC1. The van der Waals surface area contributed by atoms with Crippen LogP contribution in [0.2, 0.25) is 0 Å². The fourth-order valence-corrected chi connectivity index (χ4v) is 3.46. The van der Waals surface area contributed by atoms with Crippen LogP contribution in [0.1, 0.15) is 18.5 Å². The molecule has 1 saturated heterocycles. The molecule has 22 heavy (non-hydrogen) atoms. The van der Waals surface area contributed by atoms with Crippen LogP contribution in [0, 0.1) is 0 Å². The Bertz CT molecular complexity index is 754. The molecule has 0 bridgehead atoms. The predicted molar refractivity (Wildman–Crippen MR) is 88.9 cm³/mol. The van der Waals surface area contributed by atoms with E-state index in [9.17, 15) is 0 Å². The van der Waals surface area contributed by atoms with Crippen LogP contribution in [0.15, 0.2) is 47.1 Å². The molecule has 114 valence electrons. The van der Waals surface area contributed by atoms with E-state index in [0.717, 1.165) is 37.6 Å². The van der Waals surface area contributed by atoms with Crippen molar-refractivity contribution in [2.75, 3.05) is 26.2 Å². The third-order valence-electron chi connectivity index (χ3n) is 4.63. The highest BCUT2D eigenvalue weighted by Gasteiger charge is 2.25. The second-order valence-corrected chi connectivity index (χ2v) is 5.90. The summed E-state index contributed by atoms with van der Waals surface area (Å²) in [5.74, 6) is 0.910. The lowest BCUT2D eigenvalue weighted by atomic mass is 10.0. The van der Waals surface area contributed by atoms with Crippen molar-refractivity contribution in [2.24, 2.45) is 0 Å². The van der Waals surface area contributed by atoms with Crippen LogP contribution in [-0.2, 0) is 0 Å². The summed E-state index contributed by atoms with van der Waals surface area (Å²) in [4.78, 5) is 6.09. The van der Waals surface area contributed by atoms with E-state index in [1.807, 2.05) is 12.1 Å². The van der Waals surface area contributed by atoms with Gasteiger partial charge in [0, 0.05) is 48.7 Å². The smallest absolute Gasteiger partial charge is 0.150 e. The van der Waals surface area contributed by atoms with Crippen LogP contribution in [-0.4, -0.2) is 36.1 Å². The summed E-state index contributed by atoms with van der Waals surface area (Å²) in [7, 11) is 0. The van der Waals surface area contributed by atoms with Gasteiger partial charge in [0.05, 0.1) is 12.0 Å². The fraction of sp³-hybridized carbons (Fsp3) is 0.333. The Kier molecular flexibility index (Phi) is 3.48. The Hall–Kier alpha value is -2.04. The van der Waals surface area contributed by atoms with Gasteiger partial charge in [-0.1, -0.05) is 18.2 Å². The molecule has 1 unspecified atom stereocenters. The van der Waals surface area contributed by atoms with Crippen molar-refractivity contribution in [1.29, 1.82) is 0 Å². The van der Waals surface area contributed by atoms with Gasteiger partial charge >= 0.3 is 0 Å². The zero-order valence-electron chi connectivity index (χ0n) is 12.8. The average molecular weight is 295 g/mol. The molecule has 0 saturated carbocycles. The monoisotopic (exact) mass is 295 g/mol. The summed E-state index contributed by atoms with van der Waals surface area (Å²) in [6.45, 7) is 6.58. The van der Waals surface area contributed by atoms with E-state index >= 15 is 0 Å². The van der Waals surface area contributed by atoms with Gasteiger partial charge in [0.15, 0.2) is 0 Å². The number of hydrogen-bond donors (Lipinski definition) is 2. The quantitative estimate of drug-likeness (QED) is 0.778. The van der Waals surface area contributed by atoms with Crippen molar-refractivity contribution in [3.63, 3.8) is 0 Å². The van der Waals surface area contributed by atoms with Gasteiger partial charge in [-0.2, -0.15) is 0 Å². The zero-order chi connectivity index (χ0) is 14.9. The van der Waals surface area contributed by atoms with Crippen molar-refractivity contribution in [3.8, 4) is 11.5 Å². The molecular formula is C18H21N3O. The highest BCUT2D eigenvalue weighted by atomic mass is 16.3. The van der Waals surface area contributed by atoms with Crippen LogP contribution < -0.4 is 5.32 Å². The standard InChI is InChI=1S/C18H21N3O/c1-13(21-10-8-19-9-11-21)17-14-5-2-3-6-15(14)20-18(17)16-7-4-12-22-16/h2-7,12-13,19-20H,8-11H2,1H3. The molecule has 4 heteroatoms. The van der Waals surface area contributed by atoms with Crippen molar-refractivity contribution in [3.05, 3.63) is 48.2 Å². The van der Waals surface area contributed by atoms with E-state index in [2.05, 4.69) is 46.4 Å². The van der Waals surface area contributed by atoms with E-state index in [1.165, 1.54) is 16.5 Å². The van der Waals surface area contributed by atoms with Gasteiger partial charge in [-0.25, -0.2) is 0 Å². The second kappa shape index (κ2) is 5.63. The summed E-state index contributed by atoms with van der Waals surface area (Å²) in [6.07, 6.45) is 1.74. The van der Waals surface area contributed by atoms with Gasteiger partial charge in [-0.3, -0.25) is 4.90 Å². The molecule has 0 amide bonds. The minimum absolute atomic E-state index is 0.360. The molecule has 1 aliphatic rings. The number of H-pyrrole nitrogens is 1.